The summed E-state index contributed by atoms with van der Waals surface area (Å²) in [6.45, 7) is 0. The van der Waals surface area contributed by atoms with Gasteiger partial charge in [-0.2, -0.15) is 0 Å². The van der Waals surface area contributed by atoms with Crippen LogP contribution in [0.4, 0.5) is 10.5 Å². The molecule has 0 spiro atoms. The minimum absolute atomic E-state index is 0.0854. The van der Waals surface area contributed by atoms with Gasteiger partial charge in [0.25, 0.3) is 0 Å². The third-order valence-corrected chi connectivity index (χ3v) is 4.03. The van der Waals surface area contributed by atoms with Gasteiger partial charge in [-0.15, -0.1) is 0 Å². The molecule has 1 aliphatic rings. The lowest BCUT2D eigenvalue weighted by atomic mass is 9.88. The highest BCUT2D eigenvalue weighted by Gasteiger charge is 2.21. The van der Waals surface area contributed by atoms with Gasteiger partial charge in [-0.05, 0) is 54.7 Å². The van der Waals surface area contributed by atoms with Crippen molar-refractivity contribution in [3.8, 4) is 0 Å². The Morgan fingerprint density at radius 3 is 2.67 bits per heavy atom. The van der Waals surface area contributed by atoms with Crippen LogP contribution in [0.15, 0.2) is 48.5 Å². The summed E-state index contributed by atoms with van der Waals surface area (Å²) < 4.78 is 0. The van der Waals surface area contributed by atoms with E-state index in [4.69, 9.17) is 11.6 Å². The van der Waals surface area contributed by atoms with Gasteiger partial charge in [0.1, 0.15) is 0 Å². The predicted octanol–water partition coefficient (Wildman–Crippen LogP) is 4.54. The normalized spacial score (nSPS) is 16.9. The highest BCUT2D eigenvalue weighted by molar-refractivity contribution is 6.30. The maximum absolute atomic E-state index is 12.1. The summed E-state index contributed by atoms with van der Waals surface area (Å²) >= 11 is 5.83. The number of anilines is 1. The SMILES string of the molecule is O=C(Nc1ccc(Cl)cc1)NC1CCCc2ccccc21. The van der Waals surface area contributed by atoms with Gasteiger partial charge in [0.15, 0.2) is 0 Å². The molecule has 1 unspecified atom stereocenters. The maximum atomic E-state index is 12.1. The molecule has 1 atom stereocenters. The first-order chi connectivity index (χ1) is 10.2. The van der Waals surface area contributed by atoms with Gasteiger partial charge in [-0.25, -0.2) is 4.79 Å². The lowest BCUT2D eigenvalue weighted by molar-refractivity contribution is 0.247. The van der Waals surface area contributed by atoms with E-state index in [-0.39, 0.29) is 12.1 Å². The third kappa shape index (κ3) is 3.37. The number of halogens is 1. The summed E-state index contributed by atoms with van der Waals surface area (Å²) in [5.74, 6) is 0. The van der Waals surface area contributed by atoms with E-state index in [1.54, 1.807) is 24.3 Å². The fourth-order valence-corrected chi connectivity index (χ4v) is 2.89. The van der Waals surface area contributed by atoms with Gasteiger partial charge >= 0.3 is 6.03 Å². The Hall–Kier alpha value is -2.00. The van der Waals surface area contributed by atoms with Gasteiger partial charge in [0, 0.05) is 10.7 Å². The van der Waals surface area contributed by atoms with Crippen molar-refractivity contribution >= 4 is 23.3 Å². The van der Waals surface area contributed by atoms with Crippen LogP contribution in [0.3, 0.4) is 0 Å². The van der Waals surface area contributed by atoms with Gasteiger partial charge in [0.2, 0.25) is 0 Å². The molecule has 3 rings (SSSR count). The zero-order valence-electron chi connectivity index (χ0n) is 11.6. The summed E-state index contributed by atoms with van der Waals surface area (Å²) in [4.78, 5) is 12.1. The number of rotatable bonds is 2. The highest BCUT2D eigenvalue weighted by Crippen LogP contribution is 2.29. The van der Waals surface area contributed by atoms with Crippen molar-refractivity contribution in [1.29, 1.82) is 0 Å². The molecule has 0 saturated heterocycles. The Bertz CT molecular complexity index is 639. The molecule has 0 radical (unpaired) electrons. The van der Waals surface area contributed by atoms with Crippen molar-refractivity contribution in [3.05, 3.63) is 64.7 Å². The molecule has 2 amide bonds. The lowest BCUT2D eigenvalue weighted by Gasteiger charge is -2.26. The van der Waals surface area contributed by atoms with Crippen molar-refractivity contribution in [1.82, 2.24) is 5.32 Å². The van der Waals surface area contributed by atoms with E-state index < -0.39 is 0 Å². The number of nitrogens with one attached hydrogen (secondary N) is 2. The number of carbonyl (C=O) groups is 1. The molecule has 108 valence electrons. The Labute approximate surface area is 129 Å². The lowest BCUT2D eigenvalue weighted by Crippen LogP contribution is -2.34. The number of urea groups is 1. The van der Waals surface area contributed by atoms with Crippen LogP contribution in [0, 0.1) is 0 Å². The number of amides is 2. The Balaban J connectivity index is 1.67. The van der Waals surface area contributed by atoms with Crippen molar-refractivity contribution in [2.45, 2.75) is 25.3 Å². The van der Waals surface area contributed by atoms with E-state index in [2.05, 4.69) is 28.8 Å². The standard InChI is InChI=1S/C17H17ClN2O/c18-13-8-10-14(11-9-13)19-17(21)20-16-7-3-5-12-4-1-2-6-15(12)16/h1-2,4,6,8-11,16H,3,5,7H2,(H2,19,20,21). The summed E-state index contributed by atoms with van der Waals surface area (Å²) in [5.41, 5.74) is 3.30. The first kappa shape index (κ1) is 14.0. The predicted molar refractivity (Wildman–Crippen MR) is 85.7 cm³/mol. The molecule has 2 aromatic rings. The topological polar surface area (TPSA) is 41.1 Å². The van der Waals surface area contributed by atoms with Crippen molar-refractivity contribution in [2.24, 2.45) is 0 Å². The number of carbonyl (C=O) groups excluding carboxylic acids is 1. The molecule has 0 heterocycles. The van der Waals surface area contributed by atoms with Gasteiger partial charge in [0.05, 0.1) is 6.04 Å². The first-order valence-electron chi connectivity index (χ1n) is 7.13. The van der Waals surface area contributed by atoms with Crippen LogP contribution >= 0.6 is 11.6 Å². The van der Waals surface area contributed by atoms with Gasteiger partial charge < -0.3 is 10.6 Å². The van der Waals surface area contributed by atoms with Gasteiger partial charge in [-0.3, -0.25) is 0 Å². The van der Waals surface area contributed by atoms with E-state index in [0.717, 1.165) is 24.9 Å². The second-order valence-electron chi connectivity index (χ2n) is 5.25. The second kappa shape index (κ2) is 6.19. The molecule has 0 saturated carbocycles. The summed E-state index contributed by atoms with van der Waals surface area (Å²) in [6, 6.07) is 15.3. The number of hydrogen-bond acceptors (Lipinski definition) is 1. The molecule has 4 heteroatoms. The van der Waals surface area contributed by atoms with Crippen LogP contribution in [0.25, 0.3) is 0 Å². The minimum Gasteiger partial charge on any atom is -0.331 e. The zero-order valence-corrected chi connectivity index (χ0v) is 12.4. The number of fused-ring (bicyclic) bond motifs is 1. The Kier molecular flexibility index (Phi) is 4.11. The summed E-state index contributed by atoms with van der Waals surface area (Å²) in [5, 5.41) is 6.55. The first-order valence-corrected chi connectivity index (χ1v) is 7.51. The largest absolute Gasteiger partial charge is 0.331 e. The van der Waals surface area contributed by atoms with Crippen LogP contribution in [-0.4, -0.2) is 6.03 Å². The fourth-order valence-electron chi connectivity index (χ4n) is 2.76. The van der Waals surface area contributed by atoms with Crippen LogP contribution in [0.1, 0.15) is 30.0 Å². The molecular formula is C17H17ClN2O. The average Bonchev–Trinajstić information content (AvgIpc) is 2.50. The molecule has 0 bridgehead atoms. The molecule has 0 fully saturated rings. The number of benzene rings is 2. The van der Waals surface area contributed by atoms with E-state index in [1.807, 2.05) is 6.07 Å². The van der Waals surface area contributed by atoms with E-state index in [1.165, 1.54) is 11.1 Å². The molecule has 2 N–H and O–H groups in total. The van der Waals surface area contributed by atoms with Crippen LogP contribution in [-0.2, 0) is 6.42 Å². The van der Waals surface area contributed by atoms with E-state index in [0.29, 0.717) is 5.02 Å². The minimum atomic E-state index is -0.181. The molecule has 0 aliphatic heterocycles. The highest BCUT2D eigenvalue weighted by atomic mass is 35.5. The molecule has 21 heavy (non-hydrogen) atoms. The third-order valence-electron chi connectivity index (χ3n) is 3.78. The fraction of sp³-hybridized carbons (Fsp3) is 0.235. The van der Waals surface area contributed by atoms with E-state index in [9.17, 15) is 4.79 Å². The van der Waals surface area contributed by atoms with E-state index >= 15 is 0 Å². The second-order valence-corrected chi connectivity index (χ2v) is 5.69. The number of aryl methyl sites for hydroxylation is 1. The Morgan fingerprint density at radius 1 is 1.10 bits per heavy atom. The van der Waals surface area contributed by atoms with Crippen molar-refractivity contribution in [3.63, 3.8) is 0 Å². The number of hydrogen-bond donors (Lipinski definition) is 2. The monoisotopic (exact) mass is 300 g/mol. The molecular weight excluding hydrogens is 284 g/mol. The Morgan fingerprint density at radius 2 is 1.86 bits per heavy atom. The van der Waals surface area contributed by atoms with Gasteiger partial charge in [-0.1, -0.05) is 35.9 Å². The zero-order chi connectivity index (χ0) is 14.7. The van der Waals surface area contributed by atoms with Crippen LogP contribution in [0.5, 0.6) is 0 Å². The smallest absolute Gasteiger partial charge is 0.319 e. The van der Waals surface area contributed by atoms with Crippen molar-refractivity contribution < 1.29 is 4.79 Å². The average molecular weight is 301 g/mol. The van der Waals surface area contributed by atoms with Crippen LogP contribution < -0.4 is 10.6 Å². The van der Waals surface area contributed by atoms with Crippen LogP contribution in [0.2, 0.25) is 5.02 Å². The molecule has 1 aliphatic carbocycles. The molecule has 0 aromatic heterocycles. The summed E-state index contributed by atoms with van der Waals surface area (Å²) in [6.07, 6.45) is 3.17. The molecule has 2 aromatic carbocycles. The maximum Gasteiger partial charge on any atom is 0.319 e. The quantitative estimate of drug-likeness (QED) is 0.840. The molecule has 3 nitrogen and oxygen atoms in total. The summed E-state index contributed by atoms with van der Waals surface area (Å²) in [7, 11) is 0. The van der Waals surface area contributed by atoms with Crippen molar-refractivity contribution in [2.75, 3.05) is 5.32 Å².